The number of halogens is 1. The molecule has 34 heavy (non-hydrogen) atoms. The standard InChI is InChI=1S/C28H27BrN2O3/c29-22-17-15-21(16-18-22)26(20-10-4-3-5-11-20)30-25(32)14-6-1-2-9-19-31-27(33)23-12-7-8-13-24(23)28(31)34/h3-5,7-8,10-13,15-18,26H,1-2,6,9,14,19H2,(H,30,32). The fraction of sp³-hybridized carbons (Fsp3) is 0.250. The molecule has 0 radical (unpaired) electrons. The number of unbranched alkanes of at least 4 members (excludes halogenated alkanes) is 3. The van der Waals surface area contributed by atoms with Crippen LogP contribution in [-0.4, -0.2) is 29.2 Å². The van der Waals surface area contributed by atoms with Gasteiger partial charge in [0.25, 0.3) is 11.8 Å². The van der Waals surface area contributed by atoms with Gasteiger partial charge in [0.1, 0.15) is 0 Å². The molecule has 0 fully saturated rings. The van der Waals surface area contributed by atoms with Crippen molar-refractivity contribution >= 4 is 33.7 Å². The third-order valence-corrected chi connectivity index (χ3v) is 6.58. The van der Waals surface area contributed by atoms with Gasteiger partial charge in [-0.2, -0.15) is 0 Å². The van der Waals surface area contributed by atoms with Gasteiger partial charge in [-0.1, -0.05) is 83.4 Å². The lowest BCUT2D eigenvalue weighted by atomic mass is 9.98. The predicted molar refractivity (Wildman–Crippen MR) is 135 cm³/mol. The maximum Gasteiger partial charge on any atom is 0.261 e. The Morgan fingerprint density at radius 3 is 1.94 bits per heavy atom. The summed E-state index contributed by atoms with van der Waals surface area (Å²) in [5.74, 6) is -0.406. The van der Waals surface area contributed by atoms with Crippen molar-refractivity contribution in [3.8, 4) is 0 Å². The van der Waals surface area contributed by atoms with E-state index in [4.69, 9.17) is 0 Å². The van der Waals surface area contributed by atoms with Crippen LogP contribution in [0, 0.1) is 0 Å². The third kappa shape index (κ3) is 5.62. The summed E-state index contributed by atoms with van der Waals surface area (Å²) in [6, 6.07) is 24.7. The number of amides is 3. The van der Waals surface area contributed by atoms with Gasteiger partial charge in [-0.05, 0) is 48.2 Å². The number of imide groups is 1. The zero-order chi connectivity index (χ0) is 23.9. The van der Waals surface area contributed by atoms with Crippen molar-refractivity contribution < 1.29 is 14.4 Å². The summed E-state index contributed by atoms with van der Waals surface area (Å²) in [5.41, 5.74) is 3.05. The predicted octanol–water partition coefficient (Wildman–Crippen LogP) is 5.90. The average molecular weight is 519 g/mol. The van der Waals surface area contributed by atoms with Crippen molar-refractivity contribution in [1.29, 1.82) is 0 Å². The second kappa shape index (κ2) is 11.3. The van der Waals surface area contributed by atoms with Gasteiger partial charge >= 0.3 is 0 Å². The normalized spacial score (nSPS) is 13.6. The fourth-order valence-electron chi connectivity index (χ4n) is 4.24. The minimum Gasteiger partial charge on any atom is -0.345 e. The molecular formula is C28H27BrN2O3. The highest BCUT2D eigenvalue weighted by molar-refractivity contribution is 9.10. The van der Waals surface area contributed by atoms with Crippen molar-refractivity contribution in [1.82, 2.24) is 10.2 Å². The van der Waals surface area contributed by atoms with Crippen LogP contribution in [0.15, 0.2) is 83.3 Å². The number of rotatable bonds is 10. The van der Waals surface area contributed by atoms with Crippen LogP contribution in [-0.2, 0) is 4.79 Å². The quantitative estimate of drug-likeness (QED) is 0.268. The van der Waals surface area contributed by atoms with Crippen LogP contribution in [0.25, 0.3) is 0 Å². The number of carbonyl (C=O) groups is 3. The van der Waals surface area contributed by atoms with E-state index in [1.807, 2.05) is 54.6 Å². The van der Waals surface area contributed by atoms with E-state index in [-0.39, 0.29) is 23.8 Å². The van der Waals surface area contributed by atoms with Crippen molar-refractivity contribution in [2.75, 3.05) is 6.54 Å². The van der Waals surface area contributed by atoms with Crippen LogP contribution in [0.2, 0.25) is 0 Å². The van der Waals surface area contributed by atoms with Gasteiger partial charge in [0, 0.05) is 17.4 Å². The van der Waals surface area contributed by atoms with Crippen LogP contribution >= 0.6 is 15.9 Å². The Hall–Kier alpha value is -3.25. The lowest BCUT2D eigenvalue weighted by Crippen LogP contribution is -2.30. The maximum absolute atomic E-state index is 12.7. The van der Waals surface area contributed by atoms with Gasteiger partial charge in [-0.3, -0.25) is 19.3 Å². The van der Waals surface area contributed by atoms with Crippen molar-refractivity contribution in [2.24, 2.45) is 0 Å². The molecule has 3 amide bonds. The Kier molecular flexibility index (Phi) is 7.91. The van der Waals surface area contributed by atoms with Gasteiger partial charge < -0.3 is 5.32 Å². The summed E-state index contributed by atoms with van der Waals surface area (Å²) in [7, 11) is 0. The number of benzene rings is 3. The van der Waals surface area contributed by atoms with E-state index in [9.17, 15) is 14.4 Å². The first-order valence-corrected chi connectivity index (χ1v) is 12.4. The summed E-state index contributed by atoms with van der Waals surface area (Å²) in [6.45, 7) is 0.415. The summed E-state index contributed by atoms with van der Waals surface area (Å²) in [4.78, 5) is 38.9. The first-order chi connectivity index (χ1) is 16.5. The minimum atomic E-state index is -0.208. The van der Waals surface area contributed by atoms with Gasteiger partial charge in [0.05, 0.1) is 17.2 Å². The number of hydrogen-bond acceptors (Lipinski definition) is 3. The molecule has 0 saturated carbocycles. The van der Waals surface area contributed by atoms with E-state index in [2.05, 4.69) is 21.2 Å². The molecule has 1 aliphatic heterocycles. The first-order valence-electron chi connectivity index (χ1n) is 11.6. The molecule has 0 bridgehead atoms. The molecule has 6 heteroatoms. The molecule has 5 nitrogen and oxygen atoms in total. The number of nitrogens with one attached hydrogen (secondary N) is 1. The molecule has 174 valence electrons. The van der Waals surface area contributed by atoms with E-state index >= 15 is 0 Å². The minimum absolute atomic E-state index is 0.0112. The number of nitrogens with zero attached hydrogens (tertiary/aromatic N) is 1. The maximum atomic E-state index is 12.7. The van der Waals surface area contributed by atoms with E-state index < -0.39 is 0 Å². The first kappa shape index (κ1) is 23.9. The number of hydrogen-bond donors (Lipinski definition) is 1. The number of carbonyl (C=O) groups excluding carboxylic acids is 3. The fourth-order valence-corrected chi connectivity index (χ4v) is 4.51. The van der Waals surface area contributed by atoms with Crippen LogP contribution in [0.1, 0.15) is 70.0 Å². The molecule has 1 unspecified atom stereocenters. The zero-order valence-corrected chi connectivity index (χ0v) is 20.5. The van der Waals surface area contributed by atoms with Crippen LogP contribution in [0.5, 0.6) is 0 Å². The Bertz CT molecular complexity index is 1130. The molecule has 1 heterocycles. The SMILES string of the molecule is O=C(CCCCCCN1C(=O)c2ccccc2C1=O)NC(c1ccccc1)c1ccc(Br)cc1. The largest absolute Gasteiger partial charge is 0.345 e. The second-order valence-electron chi connectivity index (χ2n) is 8.43. The average Bonchev–Trinajstić information content (AvgIpc) is 3.10. The highest BCUT2D eigenvalue weighted by Crippen LogP contribution is 2.25. The summed E-state index contributed by atoms with van der Waals surface area (Å²) in [5, 5.41) is 3.17. The zero-order valence-electron chi connectivity index (χ0n) is 18.9. The molecule has 0 aliphatic carbocycles. The second-order valence-corrected chi connectivity index (χ2v) is 9.35. The van der Waals surface area contributed by atoms with Gasteiger partial charge in [-0.15, -0.1) is 0 Å². The molecule has 1 N–H and O–H groups in total. The van der Waals surface area contributed by atoms with E-state index in [0.29, 0.717) is 24.1 Å². The highest BCUT2D eigenvalue weighted by Gasteiger charge is 2.34. The molecule has 1 atom stereocenters. The lowest BCUT2D eigenvalue weighted by Gasteiger charge is -2.20. The Balaban J connectivity index is 1.22. The smallest absolute Gasteiger partial charge is 0.261 e. The summed E-state index contributed by atoms with van der Waals surface area (Å²) >= 11 is 3.46. The van der Waals surface area contributed by atoms with Crippen molar-refractivity contribution in [2.45, 2.75) is 38.1 Å². The van der Waals surface area contributed by atoms with Gasteiger partial charge in [-0.25, -0.2) is 0 Å². The highest BCUT2D eigenvalue weighted by atomic mass is 79.9. The van der Waals surface area contributed by atoms with Crippen molar-refractivity contribution in [3.05, 3.63) is 106 Å². The topological polar surface area (TPSA) is 66.5 Å². The Labute approximate surface area is 208 Å². The van der Waals surface area contributed by atoms with Gasteiger partial charge in [0.2, 0.25) is 5.91 Å². The van der Waals surface area contributed by atoms with Gasteiger partial charge in [0.15, 0.2) is 0 Å². The molecule has 3 aromatic rings. The van der Waals surface area contributed by atoms with E-state index in [1.54, 1.807) is 24.3 Å². The molecule has 0 aromatic heterocycles. The van der Waals surface area contributed by atoms with Crippen molar-refractivity contribution in [3.63, 3.8) is 0 Å². The molecule has 0 saturated heterocycles. The number of fused-ring (bicyclic) bond motifs is 1. The van der Waals surface area contributed by atoms with Crippen LogP contribution < -0.4 is 5.32 Å². The van der Waals surface area contributed by atoms with E-state index in [0.717, 1.165) is 41.3 Å². The summed E-state index contributed by atoms with van der Waals surface area (Å²) in [6.07, 6.45) is 3.65. The van der Waals surface area contributed by atoms with E-state index in [1.165, 1.54) is 4.90 Å². The van der Waals surface area contributed by atoms with Crippen LogP contribution in [0.3, 0.4) is 0 Å². The summed E-state index contributed by atoms with van der Waals surface area (Å²) < 4.78 is 0.996. The Morgan fingerprint density at radius 1 is 0.735 bits per heavy atom. The molecule has 3 aromatic carbocycles. The monoisotopic (exact) mass is 518 g/mol. The molecular weight excluding hydrogens is 492 g/mol. The molecule has 1 aliphatic rings. The molecule has 4 rings (SSSR count). The lowest BCUT2D eigenvalue weighted by molar-refractivity contribution is -0.121. The Morgan fingerprint density at radius 2 is 1.29 bits per heavy atom. The third-order valence-electron chi connectivity index (χ3n) is 6.06. The molecule has 0 spiro atoms. The van der Waals surface area contributed by atoms with Crippen LogP contribution in [0.4, 0.5) is 0 Å².